The molecule has 1 aromatic carbocycles. The summed E-state index contributed by atoms with van der Waals surface area (Å²) >= 11 is 3.55. The summed E-state index contributed by atoms with van der Waals surface area (Å²) in [6.07, 6.45) is 4.85. The third-order valence-electron chi connectivity index (χ3n) is 6.14. The van der Waals surface area contributed by atoms with Gasteiger partial charge in [-0.05, 0) is 46.3 Å². The third-order valence-corrected chi connectivity index (χ3v) is 6.58. The molecule has 0 aliphatic carbocycles. The zero-order valence-corrected chi connectivity index (χ0v) is 19.1. The lowest BCUT2D eigenvalue weighted by Gasteiger charge is -2.33. The average molecular weight is 496 g/mol. The molecule has 0 amide bonds. The maximum absolute atomic E-state index is 12.3. The Hall–Kier alpha value is -2.97. The molecule has 1 aliphatic heterocycles. The molecular weight excluding hydrogens is 474 g/mol. The smallest absolute Gasteiger partial charge is 0.339 e. The van der Waals surface area contributed by atoms with Crippen molar-refractivity contribution in [2.24, 2.45) is 5.92 Å². The number of methoxy groups -OCH3 is 1. The van der Waals surface area contributed by atoms with Crippen molar-refractivity contribution in [2.75, 3.05) is 20.3 Å². The highest BCUT2D eigenvalue weighted by molar-refractivity contribution is 9.10. The van der Waals surface area contributed by atoms with Crippen molar-refractivity contribution < 1.29 is 19.4 Å². The number of pyridine rings is 2. The molecule has 1 fully saturated rings. The zero-order valence-electron chi connectivity index (χ0n) is 17.5. The first-order valence-electron chi connectivity index (χ1n) is 10.5. The van der Waals surface area contributed by atoms with E-state index in [1.165, 1.54) is 13.3 Å². The van der Waals surface area contributed by atoms with E-state index < -0.39 is 5.97 Å². The number of ether oxygens (including phenoxy) is 2. The van der Waals surface area contributed by atoms with Gasteiger partial charge in [0.2, 0.25) is 5.88 Å². The first-order valence-corrected chi connectivity index (χ1v) is 11.3. The molecule has 0 spiro atoms. The number of hydrogen-bond acceptors (Lipinski definition) is 5. The van der Waals surface area contributed by atoms with Gasteiger partial charge >= 0.3 is 5.97 Å². The summed E-state index contributed by atoms with van der Waals surface area (Å²) in [5, 5.41) is 10.7. The number of fused-ring (bicyclic) bond motifs is 3. The minimum atomic E-state index is -1.04. The van der Waals surface area contributed by atoms with Crippen molar-refractivity contribution >= 4 is 43.8 Å². The van der Waals surface area contributed by atoms with Crippen LogP contribution in [0.4, 0.5) is 0 Å². The molecule has 8 heteroatoms. The molecule has 0 bridgehead atoms. The fourth-order valence-electron chi connectivity index (χ4n) is 4.79. The lowest BCUT2D eigenvalue weighted by atomic mass is 9.86. The Morgan fingerprint density at radius 3 is 2.66 bits per heavy atom. The molecule has 1 saturated heterocycles. The van der Waals surface area contributed by atoms with Crippen LogP contribution in [0.15, 0.2) is 53.3 Å². The summed E-state index contributed by atoms with van der Waals surface area (Å²) in [6, 6.07) is 12.1. The molecule has 164 valence electrons. The summed E-state index contributed by atoms with van der Waals surface area (Å²) in [6.45, 7) is 1.37. The van der Waals surface area contributed by atoms with E-state index in [1.807, 2.05) is 24.3 Å². The first kappa shape index (κ1) is 20.9. The average Bonchev–Trinajstić information content (AvgIpc) is 3.14. The number of carboxylic acids is 1. The summed E-state index contributed by atoms with van der Waals surface area (Å²) in [7, 11) is 1.54. The highest BCUT2D eigenvalue weighted by Gasteiger charge is 2.32. The molecule has 5 rings (SSSR count). The number of aromatic carboxylic acids is 1. The second kappa shape index (κ2) is 8.52. The molecule has 4 aromatic rings. The van der Waals surface area contributed by atoms with Gasteiger partial charge in [-0.2, -0.15) is 0 Å². The first-order chi connectivity index (χ1) is 15.6. The van der Waals surface area contributed by atoms with Gasteiger partial charge in [-0.3, -0.25) is 4.98 Å². The van der Waals surface area contributed by atoms with Crippen LogP contribution in [-0.2, 0) is 4.74 Å². The molecule has 1 atom stereocenters. The highest BCUT2D eigenvalue weighted by Crippen LogP contribution is 2.43. The van der Waals surface area contributed by atoms with E-state index in [1.54, 1.807) is 6.20 Å². The number of nitrogens with zero attached hydrogens (tertiary/aromatic N) is 3. The van der Waals surface area contributed by atoms with Crippen LogP contribution in [-0.4, -0.2) is 45.9 Å². The fourth-order valence-corrected chi connectivity index (χ4v) is 5.11. The van der Waals surface area contributed by atoms with Gasteiger partial charge in [0.1, 0.15) is 11.1 Å². The predicted octanol–water partition coefficient (Wildman–Crippen LogP) is 5.07. The standard InChI is InChI=1S/C24H22BrN3O4/c1-31-23-19-20-18(11-16(25)12-26-20)28(22(19)17(13-27-23)24(29)30)21(14-5-3-2-4-6-14)15-7-9-32-10-8-15/h2-6,11-13,15,21H,7-10H2,1H3,(H,29,30). The molecule has 1 N–H and O–H groups in total. The van der Waals surface area contributed by atoms with Crippen molar-refractivity contribution in [3.63, 3.8) is 0 Å². The van der Waals surface area contributed by atoms with Crippen LogP contribution in [0.5, 0.6) is 5.88 Å². The molecule has 1 aliphatic rings. The summed E-state index contributed by atoms with van der Waals surface area (Å²) in [5.41, 5.74) is 3.32. The number of halogens is 1. The molecule has 4 heterocycles. The number of hydrogen-bond donors (Lipinski definition) is 1. The van der Waals surface area contributed by atoms with Crippen molar-refractivity contribution in [1.82, 2.24) is 14.5 Å². The van der Waals surface area contributed by atoms with Gasteiger partial charge < -0.3 is 19.1 Å². The lowest BCUT2D eigenvalue weighted by Crippen LogP contribution is -2.27. The van der Waals surface area contributed by atoms with Crippen LogP contribution in [0.25, 0.3) is 21.9 Å². The van der Waals surface area contributed by atoms with Gasteiger partial charge in [-0.25, -0.2) is 9.78 Å². The van der Waals surface area contributed by atoms with Gasteiger partial charge in [0, 0.05) is 30.1 Å². The summed E-state index contributed by atoms with van der Waals surface area (Å²) in [4.78, 5) is 21.2. The monoisotopic (exact) mass is 495 g/mol. The number of rotatable bonds is 5. The summed E-state index contributed by atoms with van der Waals surface area (Å²) in [5.74, 6) is -0.404. The van der Waals surface area contributed by atoms with Gasteiger partial charge in [0.05, 0.1) is 29.6 Å². The van der Waals surface area contributed by atoms with E-state index in [9.17, 15) is 9.90 Å². The number of aromatic nitrogens is 3. The molecule has 32 heavy (non-hydrogen) atoms. The van der Waals surface area contributed by atoms with Crippen LogP contribution < -0.4 is 4.74 Å². The minimum Gasteiger partial charge on any atom is -0.480 e. The van der Waals surface area contributed by atoms with Gasteiger partial charge in [0.25, 0.3) is 0 Å². The Morgan fingerprint density at radius 2 is 1.97 bits per heavy atom. The molecule has 0 radical (unpaired) electrons. The van der Waals surface area contributed by atoms with Gasteiger partial charge in [0.15, 0.2) is 0 Å². The highest BCUT2D eigenvalue weighted by atomic mass is 79.9. The van der Waals surface area contributed by atoms with Crippen molar-refractivity contribution in [3.8, 4) is 5.88 Å². The maximum Gasteiger partial charge on any atom is 0.339 e. The molecule has 7 nitrogen and oxygen atoms in total. The Labute approximate surface area is 193 Å². The second-order valence-electron chi connectivity index (χ2n) is 7.91. The van der Waals surface area contributed by atoms with Gasteiger partial charge in [-0.1, -0.05) is 30.3 Å². The van der Waals surface area contributed by atoms with Crippen LogP contribution in [0.2, 0.25) is 0 Å². The minimum absolute atomic E-state index is 0.0959. The fraction of sp³-hybridized carbons (Fsp3) is 0.292. The largest absolute Gasteiger partial charge is 0.480 e. The lowest BCUT2D eigenvalue weighted by molar-refractivity contribution is 0.0551. The Balaban J connectivity index is 1.94. The molecule has 3 aromatic heterocycles. The normalized spacial score (nSPS) is 15.8. The van der Waals surface area contributed by atoms with Crippen molar-refractivity contribution in [3.05, 3.63) is 64.4 Å². The Morgan fingerprint density at radius 1 is 1.22 bits per heavy atom. The van der Waals surface area contributed by atoms with Crippen molar-refractivity contribution in [1.29, 1.82) is 0 Å². The number of carboxylic acid groups (broad SMARTS) is 1. The molecule has 0 saturated carbocycles. The SMILES string of the molecule is COc1ncc(C(=O)O)c2c1c1ncc(Br)cc1n2C(c1ccccc1)C1CCOCC1. The van der Waals surface area contributed by atoms with Crippen molar-refractivity contribution in [2.45, 2.75) is 18.9 Å². The topological polar surface area (TPSA) is 86.5 Å². The van der Waals surface area contributed by atoms with E-state index in [4.69, 9.17) is 9.47 Å². The van der Waals surface area contributed by atoms with Gasteiger partial charge in [-0.15, -0.1) is 0 Å². The summed E-state index contributed by atoms with van der Waals surface area (Å²) < 4.78 is 14.1. The molecule has 1 unspecified atom stereocenters. The van der Waals surface area contributed by atoms with Crippen LogP contribution in [0.1, 0.15) is 34.8 Å². The third kappa shape index (κ3) is 3.43. The van der Waals surface area contributed by atoms with E-state index in [0.29, 0.717) is 35.5 Å². The van der Waals surface area contributed by atoms with Crippen LogP contribution in [0.3, 0.4) is 0 Å². The van der Waals surface area contributed by atoms with E-state index in [0.717, 1.165) is 28.4 Å². The molecular formula is C24H22BrN3O4. The van der Waals surface area contributed by atoms with E-state index >= 15 is 0 Å². The quantitative estimate of drug-likeness (QED) is 0.415. The maximum atomic E-state index is 12.3. The zero-order chi connectivity index (χ0) is 22.2. The van der Waals surface area contributed by atoms with Crippen LogP contribution in [0, 0.1) is 5.92 Å². The van der Waals surface area contributed by atoms with E-state index in [2.05, 4.69) is 42.6 Å². The van der Waals surface area contributed by atoms with E-state index in [-0.39, 0.29) is 17.5 Å². The Kier molecular flexibility index (Phi) is 5.57. The van der Waals surface area contributed by atoms with Crippen LogP contribution >= 0.6 is 15.9 Å². The Bertz CT molecular complexity index is 1300. The number of benzene rings is 1. The number of carbonyl (C=O) groups is 1. The predicted molar refractivity (Wildman–Crippen MR) is 124 cm³/mol. The second-order valence-corrected chi connectivity index (χ2v) is 8.82.